The minimum Gasteiger partial charge on any atom is -0.371 e. The fraction of sp³-hybridized carbons (Fsp3) is 0.200. The van der Waals surface area contributed by atoms with Gasteiger partial charge in [0.15, 0.2) is 0 Å². The summed E-state index contributed by atoms with van der Waals surface area (Å²) in [5, 5.41) is 10.1. The third-order valence-corrected chi connectivity index (χ3v) is 5.36. The van der Waals surface area contributed by atoms with E-state index in [1.54, 1.807) is 12.3 Å². The molecule has 3 aromatic rings. The number of amides is 1. The molecule has 2 N–H and O–H groups in total. The molecule has 0 aliphatic carbocycles. The zero-order valence-electron chi connectivity index (χ0n) is 14.0. The molecule has 2 aliphatic rings. The molecule has 3 heterocycles. The highest BCUT2D eigenvalue weighted by atomic mass is 19.1. The first-order chi connectivity index (χ1) is 12.6. The Morgan fingerprint density at radius 3 is 2.73 bits per heavy atom. The molecule has 1 amide bonds. The molecule has 26 heavy (non-hydrogen) atoms. The smallest absolute Gasteiger partial charge is 0.253 e. The van der Waals surface area contributed by atoms with Crippen molar-refractivity contribution in [3.05, 3.63) is 66.2 Å². The predicted octanol–water partition coefficient (Wildman–Crippen LogP) is 3.36. The first kappa shape index (κ1) is 15.1. The minimum absolute atomic E-state index is 0.0465. The van der Waals surface area contributed by atoms with E-state index in [0.29, 0.717) is 19.4 Å². The number of carbonyl (C=O) groups is 1. The highest BCUT2D eigenvalue weighted by Gasteiger charge is 2.50. The van der Waals surface area contributed by atoms with Gasteiger partial charge in [-0.3, -0.25) is 9.89 Å². The summed E-state index contributed by atoms with van der Waals surface area (Å²) >= 11 is 0. The summed E-state index contributed by atoms with van der Waals surface area (Å²) in [5.41, 5.74) is 4.01. The quantitative estimate of drug-likeness (QED) is 0.746. The number of fused-ring (bicyclic) bond motifs is 1. The summed E-state index contributed by atoms with van der Waals surface area (Å²) in [4.78, 5) is 15.0. The number of aromatic amines is 1. The van der Waals surface area contributed by atoms with Gasteiger partial charge < -0.3 is 10.2 Å². The molecule has 0 unspecified atom stereocenters. The van der Waals surface area contributed by atoms with Crippen molar-refractivity contribution in [3.8, 4) is 11.1 Å². The Kier molecular flexibility index (Phi) is 3.16. The molecule has 0 radical (unpaired) electrons. The number of nitrogens with one attached hydrogen (secondary N) is 2. The maximum absolute atomic E-state index is 13.5. The van der Waals surface area contributed by atoms with Crippen LogP contribution in [-0.4, -0.2) is 28.2 Å². The van der Waals surface area contributed by atoms with Crippen LogP contribution in [0.15, 0.2) is 54.9 Å². The number of hydrogen-bond donors (Lipinski definition) is 2. The van der Waals surface area contributed by atoms with Crippen molar-refractivity contribution in [1.29, 1.82) is 0 Å². The average Bonchev–Trinajstić information content (AvgIpc) is 3.36. The van der Waals surface area contributed by atoms with Gasteiger partial charge in [0.25, 0.3) is 5.91 Å². The van der Waals surface area contributed by atoms with Crippen molar-refractivity contribution in [2.24, 2.45) is 0 Å². The van der Waals surface area contributed by atoms with Crippen molar-refractivity contribution >= 4 is 17.3 Å². The molecule has 1 fully saturated rings. The van der Waals surface area contributed by atoms with Crippen LogP contribution in [0.5, 0.6) is 0 Å². The molecule has 0 bridgehead atoms. The van der Waals surface area contributed by atoms with Crippen LogP contribution in [0, 0.1) is 5.82 Å². The topological polar surface area (TPSA) is 61.0 Å². The third-order valence-electron chi connectivity index (χ3n) is 5.36. The van der Waals surface area contributed by atoms with E-state index in [-0.39, 0.29) is 11.7 Å². The van der Waals surface area contributed by atoms with Gasteiger partial charge in [0, 0.05) is 36.1 Å². The van der Waals surface area contributed by atoms with Crippen LogP contribution >= 0.6 is 0 Å². The Morgan fingerprint density at radius 2 is 1.96 bits per heavy atom. The SMILES string of the molecule is O=C1N(c2ccc(-c3cn[nH]c3)cc2)CC[C@]12Cc1cc(F)ccc1N2. The van der Waals surface area contributed by atoms with E-state index >= 15 is 0 Å². The number of anilines is 2. The number of rotatable bonds is 2. The zero-order valence-corrected chi connectivity index (χ0v) is 14.0. The Balaban J connectivity index is 1.40. The van der Waals surface area contributed by atoms with Gasteiger partial charge in [0.1, 0.15) is 11.4 Å². The van der Waals surface area contributed by atoms with Gasteiger partial charge in [-0.1, -0.05) is 12.1 Å². The van der Waals surface area contributed by atoms with E-state index in [9.17, 15) is 9.18 Å². The van der Waals surface area contributed by atoms with Crippen molar-refractivity contribution in [3.63, 3.8) is 0 Å². The van der Waals surface area contributed by atoms with Crippen molar-refractivity contribution in [2.45, 2.75) is 18.4 Å². The first-order valence-corrected chi connectivity index (χ1v) is 8.62. The van der Waals surface area contributed by atoms with Gasteiger partial charge in [-0.15, -0.1) is 0 Å². The lowest BCUT2D eigenvalue weighted by molar-refractivity contribution is -0.120. The van der Waals surface area contributed by atoms with Crippen LogP contribution in [0.2, 0.25) is 0 Å². The zero-order chi connectivity index (χ0) is 17.7. The molecule has 1 spiro atoms. The van der Waals surface area contributed by atoms with Crippen LogP contribution in [0.3, 0.4) is 0 Å². The number of halogens is 1. The van der Waals surface area contributed by atoms with E-state index in [1.807, 2.05) is 35.4 Å². The Hall–Kier alpha value is -3.15. The van der Waals surface area contributed by atoms with Crippen LogP contribution in [-0.2, 0) is 11.2 Å². The second-order valence-electron chi connectivity index (χ2n) is 6.93. The maximum atomic E-state index is 13.5. The van der Waals surface area contributed by atoms with E-state index in [4.69, 9.17) is 0 Å². The van der Waals surface area contributed by atoms with Crippen LogP contribution < -0.4 is 10.2 Å². The number of benzene rings is 2. The van der Waals surface area contributed by atoms with Crippen LogP contribution in [0.4, 0.5) is 15.8 Å². The molecule has 6 heteroatoms. The molecule has 2 aliphatic heterocycles. The van der Waals surface area contributed by atoms with Gasteiger partial charge >= 0.3 is 0 Å². The third kappa shape index (κ3) is 2.22. The largest absolute Gasteiger partial charge is 0.371 e. The summed E-state index contributed by atoms with van der Waals surface area (Å²) in [6, 6.07) is 12.6. The summed E-state index contributed by atoms with van der Waals surface area (Å²) in [6.07, 6.45) is 4.84. The number of carbonyl (C=O) groups excluding carboxylic acids is 1. The fourth-order valence-electron chi connectivity index (χ4n) is 4.00. The van der Waals surface area contributed by atoms with Crippen LogP contribution in [0.25, 0.3) is 11.1 Å². The van der Waals surface area contributed by atoms with Gasteiger partial charge in [0.2, 0.25) is 0 Å². The minimum atomic E-state index is -0.653. The van der Waals surface area contributed by atoms with Gasteiger partial charge in [-0.25, -0.2) is 4.39 Å². The molecule has 1 saturated heterocycles. The number of nitrogens with zero attached hydrogens (tertiary/aromatic N) is 2. The Morgan fingerprint density at radius 1 is 1.12 bits per heavy atom. The second kappa shape index (κ2) is 5.42. The van der Waals surface area contributed by atoms with Crippen molar-refractivity contribution < 1.29 is 9.18 Å². The Bertz CT molecular complexity index is 984. The first-order valence-electron chi connectivity index (χ1n) is 8.62. The monoisotopic (exact) mass is 348 g/mol. The van der Waals surface area contributed by atoms with E-state index in [1.165, 1.54) is 12.1 Å². The van der Waals surface area contributed by atoms with Gasteiger partial charge in [-0.05, 0) is 47.9 Å². The normalized spacial score (nSPS) is 21.3. The van der Waals surface area contributed by atoms with E-state index in [2.05, 4.69) is 15.5 Å². The molecular weight excluding hydrogens is 331 g/mol. The number of H-pyrrole nitrogens is 1. The maximum Gasteiger partial charge on any atom is 0.253 e. The summed E-state index contributed by atoms with van der Waals surface area (Å²) < 4.78 is 13.5. The standard InChI is InChI=1S/C20H17FN4O/c21-16-3-6-18-14(9-16)10-20(24-18)7-8-25(19(20)26)17-4-1-13(2-5-17)15-11-22-23-12-15/h1-6,9,11-12,24H,7-8,10H2,(H,22,23)/t20-/m0/s1. The summed E-state index contributed by atoms with van der Waals surface area (Å²) in [7, 11) is 0. The summed E-state index contributed by atoms with van der Waals surface area (Å²) in [6.45, 7) is 0.646. The average molecular weight is 348 g/mol. The van der Waals surface area contributed by atoms with E-state index < -0.39 is 5.54 Å². The molecule has 1 atom stereocenters. The highest BCUT2D eigenvalue weighted by Crippen LogP contribution is 2.41. The lowest BCUT2D eigenvalue weighted by Crippen LogP contribution is -2.45. The van der Waals surface area contributed by atoms with E-state index in [0.717, 1.165) is 28.1 Å². The van der Waals surface area contributed by atoms with Gasteiger partial charge in [-0.2, -0.15) is 5.10 Å². The molecule has 5 rings (SSSR count). The molecular formula is C20H17FN4O. The lowest BCUT2D eigenvalue weighted by atomic mass is 9.93. The Labute approximate surface area is 149 Å². The summed E-state index contributed by atoms with van der Waals surface area (Å²) in [5.74, 6) is -0.218. The molecule has 5 nitrogen and oxygen atoms in total. The van der Waals surface area contributed by atoms with Crippen molar-refractivity contribution in [1.82, 2.24) is 10.2 Å². The number of hydrogen-bond acceptors (Lipinski definition) is 3. The predicted molar refractivity (Wildman–Crippen MR) is 97.5 cm³/mol. The molecule has 2 aromatic carbocycles. The van der Waals surface area contributed by atoms with Gasteiger partial charge in [0.05, 0.1) is 6.20 Å². The lowest BCUT2D eigenvalue weighted by Gasteiger charge is -2.24. The fourth-order valence-corrected chi connectivity index (χ4v) is 4.00. The molecule has 1 aromatic heterocycles. The second-order valence-corrected chi connectivity index (χ2v) is 6.93. The molecule has 0 saturated carbocycles. The van der Waals surface area contributed by atoms with Crippen molar-refractivity contribution in [2.75, 3.05) is 16.8 Å². The number of aromatic nitrogens is 2. The highest BCUT2D eigenvalue weighted by molar-refractivity contribution is 6.06. The molecule has 130 valence electrons. The van der Waals surface area contributed by atoms with Crippen LogP contribution in [0.1, 0.15) is 12.0 Å².